The largest absolute Gasteiger partial charge is 0.484 e. The molecule has 4 rings (SSSR count). The molecule has 2 aliphatic heterocycles. The van der Waals surface area contributed by atoms with Gasteiger partial charge in [-0.3, -0.25) is 9.59 Å². The van der Waals surface area contributed by atoms with Crippen molar-refractivity contribution in [1.82, 2.24) is 4.90 Å². The highest BCUT2D eigenvalue weighted by Crippen LogP contribution is 2.39. The van der Waals surface area contributed by atoms with Crippen molar-refractivity contribution >= 4 is 23.0 Å². The summed E-state index contributed by atoms with van der Waals surface area (Å²) in [5.74, 6) is 0.785. The van der Waals surface area contributed by atoms with Crippen LogP contribution >= 0.6 is 11.3 Å². The number of likely N-dealkylation sites (tertiary alicyclic amines) is 1. The van der Waals surface area contributed by atoms with E-state index < -0.39 is 5.60 Å². The van der Waals surface area contributed by atoms with Crippen LogP contribution in [0.3, 0.4) is 0 Å². The van der Waals surface area contributed by atoms with E-state index >= 15 is 0 Å². The first-order valence-corrected chi connectivity index (χ1v) is 8.60. The molecule has 118 valence electrons. The number of aryl methyl sites for hydroxylation is 1. The lowest BCUT2D eigenvalue weighted by Crippen LogP contribution is -2.45. The molecule has 0 saturated carbocycles. The summed E-state index contributed by atoms with van der Waals surface area (Å²) in [6.45, 7) is 3.09. The monoisotopic (exact) mass is 327 g/mol. The Kier molecular flexibility index (Phi) is 3.27. The average molecular weight is 327 g/mol. The maximum Gasteiger partial charge on any atom is 0.264 e. The van der Waals surface area contributed by atoms with E-state index in [2.05, 4.69) is 0 Å². The second-order valence-electron chi connectivity index (χ2n) is 6.35. The van der Waals surface area contributed by atoms with Gasteiger partial charge in [-0.25, -0.2) is 0 Å². The zero-order chi connectivity index (χ0) is 16.0. The molecular formula is C18H17NO3S. The Hall–Kier alpha value is -2.14. The summed E-state index contributed by atoms with van der Waals surface area (Å²) in [5, 5.41) is 1.98. The van der Waals surface area contributed by atoms with Gasteiger partial charge in [0.2, 0.25) is 0 Å². The van der Waals surface area contributed by atoms with Crippen LogP contribution in [0.5, 0.6) is 5.75 Å². The molecule has 0 bridgehead atoms. The first kappa shape index (κ1) is 14.5. The van der Waals surface area contributed by atoms with Crippen LogP contribution in [0.2, 0.25) is 0 Å². The van der Waals surface area contributed by atoms with Crippen molar-refractivity contribution in [1.29, 1.82) is 0 Å². The van der Waals surface area contributed by atoms with E-state index in [1.807, 2.05) is 41.5 Å². The van der Waals surface area contributed by atoms with Crippen molar-refractivity contribution in [3.63, 3.8) is 0 Å². The van der Waals surface area contributed by atoms with Crippen LogP contribution < -0.4 is 4.74 Å². The Morgan fingerprint density at radius 1 is 1.35 bits per heavy atom. The van der Waals surface area contributed by atoms with Gasteiger partial charge in [-0.1, -0.05) is 12.1 Å². The molecule has 0 aliphatic carbocycles. The second kappa shape index (κ2) is 5.20. The summed E-state index contributed by atoms with van der Waals surface area (Å²) in [4.78, 5) is 27.6. The highest BCUT2D eigenvalue weighted by molar-refractivity contribution is 7.12. The Morgan fingerprint density at radius 3 is 2.96 bits per heavy atom. The molecule has 1 aromatic carbocycles. The van der Waals surface area contributed by atoms with Crippen LogP contribution in [0, 0.1) is 6.92 Å². The summed E-state index contributed by atoms with van der Waals surface area (Å²) < 4.78 is 6.16. The van der Waals surface area contributed by atoms with Gasteiger partial charge in [0.25, 0.3) is 5.91 Å². The average Bonchev–Trinajstić information content (AvgIpc) is 3.14. The lowest BCUT2D eigenvalue weighted by atomic mass is 9.89. The van der Waals surface area contributed by atoms with Gasteiger partial charge in [0.1, 0.15) is 11.4 Å². The van der Waals surface area contributed by atoms with Crippen molar-refractivity contribution in [2.75, 3.05) is 13.1 Å². The van der Waals surface area contributed by atoms with Crippen LogP contribution in [0.15, 0.2) is 35.7 Å². The summed E-state index contributed by atoms with van der Waals surface area (Å²) in [6.07, 6.45) is 1.04. The smallest absolute Gasteiger partial charge is 0.264 e. The van der Waals surface area contributed by atoms with E-state index in [9.17, 15) is 9.59 Å². The van der Waals surface area contributed by atoms with Gasteiger partial charge in [0.05, 0.1) is 23.4 Å². The van der Waals surface area contributed by atoms with E-state index in [1.54, 1.807) is 6.07 Å². The topological polar surface area (TPSA) is 46.6 Å². The minimum atomic E-state index is -0.562. The van der Waals surface area contributed by atoms with Crippen LogP contribution in [-0.4, -0.2) is 35.3 Å². The van der Waals surface area contributed by atoms with Gasteiger partial charge in [-0.15, -0.1) is 11.3 Å². The third-order valence-corrected chi connectivity index (χ3v) is 5.58. The highest BCUT2D eigenvalue weighted by atomic mass is 32.1. The zero-order valence-corrected chi connectivity index (χ0v) is 13.7. The number of hydrogen-bond donors (Lipinski definition) is 0. The first-order valence-electron chi connectivity index (χ1n) is 7.72. The molecule has 1 fully saturated rings. The highest BCUT2D eigenvalue weighted by Gasteiger charge is 2.47. The molecule has 0 N–H and O–H groups in total. The van der Waals surface area contributed by atoms with E-state index in [0.717, 1.165) is 10.4 Å². The Morgan fingerprint density at radius 2 is 2.17 bits per heavy atom. The van der Waals surface area contributed by atoms with Gasteiger partial charge >= 0.3 is 0 Å². The third-order valence-electron chi connectivity index (χ3n) is 4.54. The van der Waals surface area contributed by atoms with Crippen LogP contribution in [0.4, 0.5) is 0 Å². The molecule has 2 aliphatic rings. The quantitative estimate of drug-likeness (QED) is 0.807. The minimum absolute atomic E-state index is 0.0369. The van der Waals surface area contributed by atoms with Gasteiger partial charge in [-0.05, 0) is 36.1 Å². The Bertz CT molecular complexity index is 797. The van der Waals surface area contributed by atoms with E-state index in [0.29, 0.717) is 37.2 Å². The number of para-hydroxylation sites is 1. The fourth-order valence-electron chi connectivity index (χ4n) is 3.39. The maximum absolute atomic E-state index is 12.6. The molecule has 1 saturated heterocycles. The van der Waals surface area contributed by atoms with Crippen LogP contribution in [-0.2, 0) is 0 Å². The molecule has 1 amide bonds. The van der Waals surface area contributed by atoms with E-state index in [4.69, 9.17) is 4.74 Å². The van der Waals surface area contributed by atoms with E-state index in [1.165, 1.54) is 11.3 Å². The first-order chi connectivity index (χ1) is 11.1. The maximum atomic E-state index is 12.6. The number of rotatable bonds is 1. The summed E-state index contributed by atoms with van der Waals surface area (Å²) in [6, 6.07) is 9.28. The summed E-state index contributed by atoms with van der Waals surface area (Å²) in [5.41, 5.74) is 1.19. The molecule has 1 spiro atoms. The number of hydrogen-bond acceptors (Lipinski definition) is 4. The number of thiophene rings is 1. The van der Waals surface area contributed by atoms with Crippen molar-refractivity contribution in [3.8, 4) is 5.75 Å². The number of benzene rings is 1. The Labute approximate surface area is 138 Å². The molecule has 2 aromatic rings. The predicted octanol–water partition coefficient (Wildman–Crippen LogP) is 3.31. The van der Waals surface area contributed by atoms with Crippen LogP contribution in [0.25, 0.3) is 0 Å². The van der Waals surface area contributed by atoms with Crippen molar-refractivity contribution in [2.24, 2.45) is 0 Å². The second-order valence-corrected chi connectivity index (χ2v) is 7.26. The van der Waals surface area contributed by atoms with Gasteiger partial charge in [-0.2, -0.15) is 0 Å². The fraction of sp³-hybridized carbons (Fsp3) is 0.333. The molecule has 3 heterocycles. The molecule has 5 heteroatoms. The number of ketones is 1. The third kappa shape index (κ3) is 2.45. The van der Waals surface area contributed by atoms with Crippen molar-refractivity contribution < 1.29 is 14.3 Å². The summed E-state index contributed by atoms with van der Waals surface area (Å²) in [7, 11) is 0. The number of carbonyl (C=O) groups excluding carboxylic acids is 2. The number of fused-ring (bicyclic) bond motifs is 1. The Balaban J connectivity index is 1.56. The summed E-state index contributed by atoms with van der Waals surface area (Å²) >= 11 is 1.47. The predicted molar refractivity (Wildman–Crippen MR) is 88.3 cm³/mol. The molecule has 0 radical (unpaired) electrons. The number of Topliss-reactive ketones (excluding diaryl/α,β-unsaturated/α-hetero) is 1. The molecule has 1 unspecified atom stereocenters. The molecular weight excluding hydrogens is 310 g/mol. The van der Waals surface area contributed by atoms with Gasteiger partial charge in [0, 0.05) is 13.0 Å². The lowest BCUT2D eigenvalue weighted by Gasteiger charge is -2.34. The number of ether oxygens (including phenoxy) is 1. The lowest BCUT2D eigenvalue weighted by molar-refractivity contribution is 0.0429. The van der Waals surface area contributed by atoms with Gasteiger partial charge < -0.3 is 9.64 Å². The zero-order valence-electron chi connectivity index (χ0n) is 12.9. The minimum Gasteiger partial charge on any atom is -0.484 e. The number of amides is 1. The van der Waals surface area contributed by atoms with Gasteiger partial charge in [0.15, 0.2) is 5.78 Å². The number of nitrogens with zero attached hydrogens (tertiary/aromatic N) is 1. The fourth-order valence-corrected chi connectivity index (χ4v) is 4.25. The normalized spacial score (nSPS) is 23.0. The SMILES string of the molecule is Cc1csc(C(=O)N2CCC3(CC(=O)c4ccccc4O3)C2)c1. The molecule has 1 aromatic heterocycles. The number of carbonyl (C=O) groups is 2. The molecule has 23 heavy (non-hydrogen) atoms. The van der Waals surface area contributed by atoms with E-state index in [-0.39, 0.29) is 11.7 Å². The molecule has 1 atom stereocenters. The van der Waals surface area contributed by atoms with Crippen molar-refractivity contribution in [2.45, 2.75) is 25.4 Å². The van der Waals surface area contributed by atoms with Crippen LogP contribution in [0.1, 0.15) is 38.4 Å². The molecule has 4 nitrogen and oxygen atoms in total. The van der Waals surface area contributed by atoms with Crippen molar-refractivity contribution in [3.05, 3.63) is 51.7 Å². The standard InChI is InChI=1S/C18H17NO3S/c1-12-8-16(23-10-12)17(21)19-7-6-18(11-19)9-14(20)13-4-2-3-5-15(13)22-18/h2-5,8,10H,6-7,9,11H2,1H3.